The number of hydrogen-bond acceptors (Lipinski definition) is 9. The molecule has 0 bridgehead atoms. The lowest BCUT2D eigenvalue weighted by atomic mass is 9.46. The highest BCUT2D eigenvalue weighted by atomic mass is 16.5. The number of aliphatic carboxylic acids is 1. The fourth-order valence-electron chi connectivity index (χ4n) is 8.24. The zero-order chi connectivity index (χ0) is 31.3. The van der Waals surface area contributed by atoms with Crippen molar-refractivity contribution in [2.75, 3.05) is 13.2 Å². The van der Waals surface area contributed by atoms with E-state index < -0.39 is 52.8 Å². The summed E-state index contributed by atoms with van der Waals surface area (Å²) in [7, 11) is 0. The zero-order valence-corrected chi connectivity index (χ0v) is 24.9. The standard InChI is InChI=1S/C31H43NO10/c1-28(2,26(38)27(39)40)16-32-23(36)7-8-24(37)42-15-22(35)31(41)12-10-20-19-6-5-17-13-18(33)9-11-29(17,3)25(19)21(34)14-30(20,31)4/h13,19-20,25-26,38,41H,5-12,14-16H2,1-4H3,(H,32,36)(H,39,40)/t19?,20?,25?,26?,29-,30-,31-/m0/s1. The van der Waals surface area contributed by atoms with Gasteiger partial charge in [0, 0.05) is 42.6 Å². The molecule has 4 unspecified atom stereocenters. The van der Waals surface area contributed by atoms with Crippen LogP contribution in [0.2, 0.25) is 0 Å². The fourth-order valence-corrected chi connectivity index (χ4v) is 8.24. The summed E-state index contributed by atoms with van der Waals surface area (Å²) in [4.78, 5) is 74.6. The minimum absolute atomic E-state index is 0.00363. The van der Waals surface area contributed by atoms with Crippen LogP contribution < -0.4 is 5.32 Å². The number of carbonyl (C=O) groups excluding carboxylic acids is 5. The predicted octanol–water partition coefficient (Wildman–Crippen LogP) is 1.91. The second-order valence-corrected chi connectivity index (χ2v) is 13.9. The second kappa shape index (κ2) is 11.3. The van der Waals surface area contributed by atoms with Crippen molar-refractivity contribution in [3.63, 3.8) is 0 Å². The highest BCUT2D eigenvalue weighted by Crippen LogP contribution is 2.66. The van der Waals surface area contributed by atoms with E-state index in [1.807, 2.05) is 0 Å². The van der Waals surface area contributed by atoms with Crippen molar-refractivity contribution in [2.24, 2.45) is 34.0 Å². The third kappa shape index (κ3) is 5.45. The molecule has 11 heteroatoms. The number of fused-ring (bicyclic) bond motifs is 5. The molecule has 0 heterocycles. The maximum Gasteiger partial charge on any atom is 0.333 e. The Balaban J connectivity index is 1.33. The Kier molecular flexibility index (Phi) is 8.61. The third-order valence-electron chi connectivity index (χ3n) is 10.9. The molecule has 4 aliphatic rings. The largest absolute Gasteiger partial charge is 0.479 e. The first kappa shape index (κ1) is 32.0. The van der Waals surface area contributed by atoms with Crippen LogP contribution in [0.1, 0.15) is 85.5 Å². The van der Waals surface area contributed by atoms with Gasteiger partial charge in [-0.1, -0.05) is 33.3 Å². The van der Waals surface area contributed by atoms with Crippen molar-refractivity contribution in [3.8, 4) is 0 Å². The van der Waals surface area contributed by atoms with Gasteiger partial charge in [-0.05, 0) is 55.4 Å². The molecule has 4 aliphatic carbocycles. The van der Waals surface area contributed by atoms with E-state index in [-0.39, 0.29) is 67.0 Å². The lowest BCUT2D eigenvalue weighted by Crippen LogP contribution is -2.61. The van der Waals surface area contributed by atoms with Crippen molar-refractivity contribution in [2.45, 2.75) is 97.2 Å². The van der Waals surface area contributed by atoms with Crippen LogP contribution in [-0.2, 0) is 33.5 Å². The average Bonchev–Trinajstić information content (AvgIpc) is 3.19. The predicted molar refractivity (Wildman–Crippen MR) is 148 cm³/mol. The van der Waals surface area contributed by atoms with Crippen LogP contribution >= 0.6 is 0 Å². The maximum absolute atomic E-state index is 13.7. The number of carboxylic acids is 1. The van der Waals surface area contributed by atoms with Crippen molar-refractivity contribution >= 4 is 35.2 Å². The molecule has 4 N–H and O–H groups in total. The molecule has 0 saturated heterocycles. The number of hydrogen-bond donors (Lipinski definition) is 4. The number of nitrogens with one attached hydrogen (secondary N) is 1. The van der Waals surface area contributed by atoms with Crippen molar-refractivity contribution in [1.82, 2.24) is 5.32 Å². The van der Waals surface area contributed by atoms with Gasteiger partial charge in [0.15, 0.2) is 18.5 Å². The minimum Gasteiger partial charge on any atom is -0.479 e. The van der Waals surface area contributed by atoms with Crippen LogP contribution in [0.15, 0.2) is 11.6 Å². The van der Waals surface area contributed by atoms with Crippen LogP contribution in [0.4, 0.5) is 0 Å². The van der Waals surface area contributed by atoms with Crippen LogP contribution in [-0.4, -0.2) is 75.4 Å². The number of allylic oxidation sites excluding steroid dienone is 1. The minimum atomic E-state index is -1.83. The van der Waals surface area contributed by atoms with E-state index >= 15 is 0 Å². The SMILES string of the molecule is CC(C)(CNC(=O)CCC(=O)OCC(=O)[C@@]1(O)CCC2C3CCC4=CC(=O)CC[C@]4(C)C3C(=O)C[C@@]21C)C(O)C(=O)O. The van der Waals surface area contributed by atoms with E-state index in [1.165, 1.54) is 13.8 Å². The van der Waals surface area contributed by atoms with Gasteiger partial charge in [-0.15, -0.1) is 0 Å². The average molecular weight is 590 g/mol. The van der Waals surface area contributed by atoms with E-state index in [0.29, 0.717) is 19.3 Å². The maximum atomic E-state index is 13.7. The Labute approximate surface area is 245 Å². The Hall–Kier alpha value is -2.92. The van der Waals surface area contributed by atoms with Gasteiger partial charge in [0.1, 0.15) is 11.4 Å². The first-order valence-corrected chi connectivity index (χ1v) is 14.8. The Morgan fingerprint density at radius 3 is 2.45 bits per heavy atom. The quantitative estimate of drug-likeness (QED) is 0.274. The van der Waals surface area contributed by atoms with E-state index in [1.54, 1.807) is 13.0 Å². The summed E-state index contributed by atoms with van der Waals surface area (Å²) < 4.78 is 5.13. The molecule has 11 nitrogen and oxygen atoms in total. The van der Waals surface area contributed by atoms with Crippen LogP contribution in [0.25, 0.3) is 0 Å². The van der Waals surface area contributed by atoms with Crippen molar-refractivity contribution < 1.29 is 48.8 Å². The number of ether oxygens (including phenoxy) is 1. The smallest absolute Gasteiger partial charge is 0.333 e. The molecule has 0 aromatic carbocycles. The summed E-state index contributed by atoms with van der Waals surface area (Å²) in [6.45, 7) is 6.03. The lowest BCUT2D eigenvalue weighted by molar-refractivity contribution is -0.173. The highest BCUT2D eigenvalue weighted by molar-refractivity contribution is 5.95. The number of esters is 1. The van der Waals surface area contributed by atoms with Crippen molar-refractivity contribution in [1.29, 1.82) is 0 Å². The van der Waals surface area contributed by atoms with E-state index in [4.69, 9.17) is 9.84 Å². The van der Waals surface area contributed by atoms with Crippen LogP contribution in [0.3, 0.4) is 0 Å². The summed E-state index contributed by atoms with van der Waals surface area (Å²) in [5, 5.41) is 32.9. The van der Waals surface area contributed by atoms with Gasteiger partial charge in [-0.2, -0.15) is 0 Å². The number of aliphatic hydroxyl groups is 2. The molecule has 3 saturated carbocycles. The number of carboxylic acid groups (broad SMARTS) is 1. The van der Waals surface area contributed by atoms with Gasteiger partial charge in [0.05, 0.1) is 6.42 Å². The monoisotopic (exact) mass is 589 g/mol. The first-order valence-electron chi connectivity index (χ1n) is 14.8. The van der Waals surface area contributed by atoms with Crippen LogP contribution in [0, 0.1) is 34.0 Å². The molecular weight excluding hydrogens is 546 g/mol. The molecular formula is C31H43NO10. The number of rotatable bonds is 10. The summed E-state index contributed by atoms with van der Waals surface area (Å²) >= 11 is 0. The lowest BCUT2D eigenvalue weighted by Gasteiger charge is -2.57. The Morgan fingerprint density at radius 1 is 1.10 bits per heavy atom. The highest BCUT2D eigenvalue weighted by Gasteiger charge is 2.68. The zero-order valence-electron chi connectivity index (χ0n) is 24.9. The van der Waals surface area contributed by atoms with Gasteiger partial charge in [0.2, 0.25) is 11.7 Å². The number of aliphatic hydroxyl groups excluding tert-OH is 1. The molecule has 1 amide bonds. The molecule has 0 spiro atoms. The molecule has 0 aromatic heterocycles. The van der Waals surface area contributed by atoms with Gasteiger partial charge < -0.3 is 25.4 Å². The number of carbonyl (C=O) groups is 6. The van der Waals surface area contributed by atoms with Gasteiger partial charge in [-0.3, -0.25) is 24.0 Å². The van der Waals surface area contributed by atoms with Gasteiger partial charge in [-0.25, -0.2) is 4.79 Å². The van der Waals surface area contributed by atoms with E-state index in [9.17, 15) is 39.0 Å². The van der Waals surface area contributed by atoms with Gasteiger partial charge in [0.25, 0.3) is 0 Å². The third-order valence-corrected chi connectivity index (χ3v) is 10.9. The summed E-state index contributed by atoms with van der Waals surface area (Å²) in [5.74, 6) is -3.63. The molecule has 0 aromatic rings. The topological polar surface area (TPSA) is 184 Å². The molecule has 232 valence electrons. The molecule has 7 atom stereocenters. The summed E-state index contributed by atoms with van der Waals surface area (Å²) in [5.41, 5.74) is -3.30. The molecule has 0 radical (unpaired) electrons. The fraction of sp³-hybridized carbons (Fsp3) is 0.742. The number of Topliss-reactive ketones (excluding diaryl/α,β-unsaturated/α-hetero) is 2. The molecule has 3 fully saturated rings. The van der Waals surface area contributed by atoms with Crippen molar-refractivity contribution in [3.05, 3.63) is 11.6 Å². The van der Waals surface area contributed by atoms with Crippen LogP contribution in [0.5, 0.6) is 0 Å². The van der Waals surface area contributed by atoms with E-state index in [0.717, 1.165) is 18.4 Å². The molecule has 42 heavy (non-hydrogen) atoms. The second-order valence-electron chi connectivity index (χ2n) is 13.9. The normalized spacial score (nSPS) is 34.8. The summed E-state index contributed by atoms with van der Waals surface area (Å²) in [6, 6.07) is 0. The summed E-state index contributed by atoms with van der Waals surface area (Å²) in [6.07, 6.45) is 2.70. The molecule has 4 rings (SSSR count). The Bertz CT molecular complexity index is 1220. The van der Waals surface area contributed by atoms with Gasteiger partial charge >= 0.3 is 11.9 Å². The van der Waals surface area contributed by atoms with E-state index in [2.05, 4.69) is 12.2 Å². The number of amides is 1. The number of ketones is 3. The first-order chi connectivity index (χ1) is 19.5. The Morgan fingerprint density at radius 2 is 1.79 bits per heavy atom. The molecule has 0 aliphatic heterocycles.